The van der Waals surface area contributed by atoms with Crippen LogP contribution in [-0.2, 0) is 22.3 Å². The number of rotatable bonds is 5. The lowest BCUT2D eigenvalue weighted by molar-refractivity contribution is -0.137. The normalized spacial score (nSPS) is 11.2. The highest BCUT2D eigenvalue weighted by molar-refractivity contribution is 5.93. The molecule has 1 amide bonds. The molecule has 0 aliphatic rings. The van der Waals surface area contributed by atoms with Crippen molar-refractivity contribution in [3.63, 3.8) is 0 Å². The van der Waals surface area contributed by atoms with Gasteiger partial charge in [-0.2, -0.15) is 13.2 Å². The second-order valence-corrected chi connectivity index (χ2v) is 6.05. The number of para-hydroxylation sites is 1. The van der Waals surface area contributed by atoms with Gasteiger partial charge in [0, 0.05) is 11.8 Å². The molecule has 3 rings (SSSR count). The fourth-order valence-corrected chi connectivity index (χ4v) is 2.73. The number of anilines is 1. The van der Waals surface area contributed by atoms with Gasteiger partial charge in [-0.3, -0.25) is 4.79 Å². The average Bonchev–Trinajstić information content (AvgIpc) is 3.10. The Morgan fingerprint density at radius 1 is 1.17 bits per heavy atom. The van der Waals surface area contributed by atoms with Gasteiger partial charge in [0.2, 0.25) is 5.91 Å². The molecule has 158 valence electrons. The first kappa shape index (κ1) is 21.0. The van der Waals surface area contributed by atoms with Crippen molar-refractivity contribution < 1.29 is 37.0 Å². The number of carbonyl (C=O) groups excluding carboxylic acids is 2. The average molecular weight is 423 g/mol. The Kier molecular flexibility index (Phi) is 5.81. The molecule has 0 spiro atoms. The molecule has 0 unspecified atom stereocenters. The van der Waals surface area contributed by atoms with Crippen LogP contribution in [0.1, 0.15) is 5.56 Å². The summed E-state index contributed by atoms with van der Waals surface area (Å²) in [5, 5.41) is 2.40. The van der Waals surface area contributed by atoms with E-state index in [4.69, 9.17) is 9.47 Å². The molecule has 3 aromatic rings. The molecule has 0 saturated carbocycles. The van der Waals surface area contributed by atoms with Gasteiger partial charge in [0.05, 0.1) is 31.6 Å². The molecule has 1 heterocycles. The first-order chi connectivity index (χ1) is 14.2. The van der Waals surface area contributed by atoms with Crippen molar-refractivity contribution in [2.75, 3.05) is 19.5 Å². The maximum atomic E-state index is 13.0. The van der Waals surface area contributed by atoms with E-state index in [1.165, 1.54) is 30.1 Å². The molecule has 0 fully saturated rings. The van der Waals surface area contributed by atoms with Gasteiger partial charge in [-0.25, -0.2) is 9.78 Å². The summed E-state index contributed by atoms with van der Waals surface area (Å²) in [6.45, 7) is -0.295. The van der Waals surface area contributed by atoms with Crippen LogP contribution in [0.15, 0.2) is 42.7 Å². The fraction of sp³-hybridized carbons (Fsp3) is 0.211. The van der Waals surface area contributed by atoms with Gasteiger partial charge in [0.25, 0.3) is 0 Å². The van der Waals surface area contributed by atoms with Crippen molar-refractivity contribution >= 4 is 28.8 Å². The SMILES string of the molecule is COC(=O)Oc1cccc2ncn(CC(=O)Nc3cc(OC)cc(C(F)(F)F)c3)c12. The zero-order valence-corrected chi connectivity index (χ0v) is 15.8. The van der Waals surface area contributed by atoms with Crippen molar-refractivity contribution in [2.45, 2.75) is 12.7 Å². The predicted octanol–water partition coefficient (Wildman–Crippen LogP) is 3.85. The number of fused-ring (bicyclic) bond motifs is 1. The summed E-state index contributed by atoms with van der Waals surface area (Å²) >= 11 is 0. The topological polar surface area (TPSA) is 91.7 Å². The van der Waals surface area contributed by atoms with E-state index in [9.17, 15) is 22.8 Å². The lowest BCUT2D eigenvalue weighted by Gasteiger charge is -2.13. The number of methoxy groups -OCH3 is 2. The number of alkyl halides is 3. The number of hydrogen-bond acceptors (Lipinski definition) is 6. The van der Waals surface area contributed by atoms with Gasteiger partial charge < -0.3 is 24.1 Å². The van der Waals surface area contributed by atoms with E-state index in [1.54, 1.807) is 12.1 Å². The van der Waals surface area contributed by atoms with Crippen molar-refractivity contribution in [3.05, 3.63) is 48.3 Å². The van der Waals surface area contributed by atoms with Gasteiger partial charge >= 0.3 is 12.3 Å². The third kappa shape index (κ3) is 4.62. The number of aromatic nitrogens is 2. The summed E-state index contributed by atoms with van der Waals surface area (Å²) in [7, 11) is 2.37. The molecule has 8 nitrogen and oxygen atoms in total. The second-order valence-electron chi connectivity index (χ2n) is 6.05. The van der Waals surface area contributed by atoms with Crippen molar-refractivity contribution in [3.8, 4) is 11.5 Å². The van der Waals surface area contributed by atoms with E-state index in [1.807, 2.05) is 0 Å². The third-order valence-electron chi connectivity index (χ3n) is 4.03. The molecule has 0 aliphatic heterocycles. The van der Waals surface area contributed by atoms with E-state index < -0.39 is 23.8 Å². The number of imidazole rings is 1. The van der Waals surface area contributed by atoms with E-state index in [-0.39, 0.29) is 23.7 Å². The van der Waals surface area contributed by atoms with Crippen LogP contribution in [0.4, 0.5) is 23.7 Å². The van der Waals surface area contributed by atoms with E-state index in [0.29, 0.717) is 11.0 Å². The number of halogens is 3. The van der Waals surface area contributed by atoms with Crippen LogP contribution >= 0.6 is 0 Å². The number of carbonyl (C=O) groups is 2. The van der Waals surface area contributed by atoms with Crippen LogP contribution in [0.3, 0.4) is 0 Å². The van der Waals surface area contributed by atoms with Gasteiger partial charge in [0.1, 0.15) is 17.8 Å². The maximum absolute atomic E-state index is 13.0. The summed E-state index contributed by atoms with van der Waals surface area (Å²) in [6.07, 6.45) is -4.20. The van der Waals surface area contributed by atoms with Gasteiger partial charge in [-0.1, -0.05) is 6.07 Å². The minimum Gasteiger partial charge on any atom is -0.497 e. The molecule has 0 atom stereocenters. The second kappa shape index (κ2) is 8.31. The Morgan fingerprint density at radius 3 is 2.60 bits per heavy atom. The van der Waals surface area contributed by atoms with Crippen LogP contribution < -0.4 is 14.8 Å². The quantitative estimate of drug-likeness (QED) is 0.495. The Hall–Kier alpha value is -3.76. The summed E-state index contributed by atoms with van der Waals surface area (Å²) in [5.41, 5.74) is -0.245. The minimum absolute atomic E-state index is 0.0537. The molecule has 0 aliphatic carbocycles. The highest BCUT2D eigenvalue weighted by Gasteiger charge is 2.31. The standard InChI is InChI=1S/C19H16F3N3O5/c1-28-13-7-11(19(20,21)22)6-12(8-13)24-16(26)9-25-10-23-14-4-3-5-15(17(14)25)30-18(27)29-2/h3-8,10H,9H2,1-2H3,(H,24,26). The lowest BCUT2D eigenvalue weighted by atomic mass is 10.1. The summed E-state index contributed by atoms with van der Waals surface area (Å²) in [5.74, 6) is -0.559. The van der Waals surface area contributed by atoms with E-state index in [2.05, 4.69) is 15.0 Å². The number of benzene rings is 2. The Labute approximate surface area is 168 Å². The molecule has 2 aromatic carbocycles. The molecular formula is C19H16F3N3O5. The van der Waals surface area contributed by atoms with Gasteiger partial charge in [-0.15, -0.1) is 0 Å². The fourth-order valence-electron chi connectivity index (χ4n) is 2.73. The Bertz CT molecular complexity index is 1090. The maximum Gasteiger partial charge on any atom is 0.513 e. The number of nitrogens with zero attached hydrogens (tertiary/aromatic N) is 2. The van der Waals surface area contributed by atoms with Crippen LogP contribution in [0, 0.1) is 0 Å². The molecule has 0 radical (unpaired) electrons. The zero-order chi connectivity index (χ0) is 21.9. The van der Waals surface area contributed by atoms with Crippen LogP contribution in [-0.4, -0.2) is 35.8 Å². The number of hydrogen-bond donors (Lipinski definition) is 1. The Morgan fingerprint density at radius 2 is 1.93 bits per heavy atom. The molecule has 11 heteroatoms. The summed E-state index contributed by atoms with van der Waals surface area (Å²) in [4.78, 5) is 28.0. The molecule has 1 N–H and O–H groups in total. The molecular weight excluding hydrogens is 407 g/mol. The van der Waals surface area contributed by atoms with Gasteiger partial charge in [0.15, 0.2) is 5.75 Å². The molecule has 1 aromatic heterocycles. The Balaban J connectivity index is 1.85. The highest BCUT2D eigenvalue weighted by Crippen LogP contribution is 2.34. The highest BCUT2D eigenvalue weighted by atomic mass is 19.4. The largest absolute Gasteiger partial charge is 0.513 e. The van der Waals surface area contributed by atoms with E-state index in [0.717, 1.165) is 19.2 Å². The summed E-state index contributed by atoms with van der Waals surface area (Å²) in [6, 6.07) is 7.64. The van der Waals surface area contributed by atoms with Gasteiger partial charge in [-0.05, 0) is 24.3 Å². The molecule has 0 saturated heterocycles. The first-order valence-electron chi connectivity index (χ1n) is 8.47. The summed E-state index contributed by atoms with van der Waals surface area (Å²) < 4.78 is 54.9. The number of nitrogens with one attached hydrogen (secondary N) is 1. The van der Waals surface area contributed by atoms with Crippen molar-refractivity contribution in [1.82, 2.24) is 9.55 Å². The van der Waals surface area contributed by atoms with Crippen LogP contribution in [0.25, 0.3) is 11.0 Å². The smallest absolute Gasteiger partial charge is 0.497 e. The monoisotopic (exact) mass is 423 g/mol. The molecule has 30 heavy (non-hydrogen) atoms. The molecule has 0 bridgehead atoms. The van der Waals surface area contributed by atoms with Crippen molar-refractivity contribution in [1.29, 1.82) is 0 Å². The number of ether oxygens (including phenoxy) is 3. The van der Waals surface area contributed by atoms with E-state index >= 15 is 0 Å². The first-order valence-corrected chi connectivity index (χ1v) is 8.47. The van der Waals surface area contributed by atoms with Crippen LogP contribution in [0.2, 0.25) is 0 Å². The lowest BCUT2D eigenvalue weighted by Crippen LogP contribution is -2.19. The van der Waals surface area contributed by atoms with Crippen LogP contribution in [0.5, 0.6) is 11.5 Å². The number of amides is 1. The predicted molar refractivity (Wildman–Crippen MR) is 99.4 cm³/mol. The van der Waals surface area contributed by atoms with Crippen molar-refractivity contribution in [2.24, 2.45) is 0 Å². The third-order valence-corrected chi connectivity index (χ3v) is 4.03. The zero-order valence-electron chi connectivity index (χ0n) is 15.8. The minimum atomic E-state index is -4.60.